The number of piperazine rings is 1. The van der Waals surface area contributed by atoms with Crippen LogP contribution in [0, 0.1) is 0 Å². The molecule has 1 saturated carbocycles. The number of hydrogen-bond donors (Lipinski definition) is 0. The SMILES string of the molecule is C[C@H](C(=O)N(C)C1CCCCC1)N1CCN(S(=O)(=O)c2cccc(Cl)c2)CC1. The summed E-state index contributed by atoms with van der Waals surface area (Å²) in [6, 6.07) is 6.46. The standard InChI is InChI=1S/C20H30ClN3O3S/c1-16(20(25)22(2)18-8-4-3-5-9-18)23-11-13-24(14-12-23)28(26,27)19-10-6-7-17(21)15-19/h6-7,10,15-16,18H,3-5,8-9,11-14H2,1-2H3/t16-/m1/s1. The Morgan fingerprint density at radius 2 is 1.79 bits per heavy atom. The number of amides is 1. The molecule has 2 aliphatic rings. The average Bonchev–Trinajstić information content (AvgIpc) is 2.73. The lowest BCUT2D eigenvalue weighted by Gasteiger charge is -2.39. The van der Waals surface area contributed by atoms with Crippen molar-refractivity contribution in [2.24, 2.45) is 0 Å². The molecule has 1 aliphatic heterocycles. The molecular weight excluding hydrogens is 398 g/mol. The van der Waals surface area contributed by atoms with E-state index in [1.54, 1.807) is 18.2 Å². The van der Waals surface area contributed by atoms with Crippen LogP contribution < -0.4 is 0 Å². The summed E-state index contributed by atoms with van der Waals surface area (Å²) in [7, 11) is -1.65. The molecule has 1 aromatic rings. The fourth-order valence-electron chi connectivity index (χ4n) is 4.21. The average molecular weight is 428 g/mol. The molecule has 1 saturated heterocycles. The van der Waals surface area contributed by atoms with Crippen LogP contribution in [0.2, 0.25) is 5.02 Å². The summed E-state index contributed by atoms with van der Waals surface area (Å²) < 4.78 is 27.2. The quantitative estimate of drug-likeness (QED) is 0.724. The van der Waals surface area contributed by atoms with Crippen LogP contribution in [-0.4, -0.2) is 73.7 Å². The largest absolute Gasteiger partial charge is 0.341 e. The molecule has 6 nitrogen and oxygen atoms in total. The topological polar surface area (TPSA) is 60.9 Å². The summed E-state index contributed by atoms with van der Waals surface area (Å²) in [6.07, 6.45) is 5.81. The van der Waals surface area contributed by atoms with Crippen LogP contribution in [0.15, 0.2) is 29.2 Å². The van der Waals surface area contributed by atoms with Gasteiger partial charge in [0, 0.05) is 44.3 Å². The van der Waals surface area contributed by atoms with Crippen molar-refractivity contribution in [3.63, 3.8) is 0 Å². The summed E-state index contributed by atoms with van der Waals surface area (Å²) in [6.45, 7) is 3.78. The van der Waals surface area contributed by atoms with Gasteiger partial charge in [0.25, 0.3) is 0 Å². The van der Waals surface area contributed by atoms with Gasteiger partial charge in [-0.1, -0.05) is 36.9 Å². The molecule has 0 aromatic heterocycles. The van der Waals surface area contributed by atoms with Crippen LogP contribution in [0.4, 0.5) is 0 Å². The van der Waals surface area contributed by atoms with Crippen molar-refractivity contribution >= 4 is 27.5 Å². The third kappa shape index (κ3) is 4.70. The first-order chi connectivity index (χ1) is 13.3. The second-order valence-corrected chi connectivity index (χ2v) is 10.2. The second-order valence-electron chi connectivity index (χ2n) is 7.81. The molecular formula is C20H30ClN3O3S. The second kappa shape index (κ2) is 9.11. The minimum absolute atomic E-state index is 0.137. The lowest BCUT2D eigenvalue weighted by Crippen LogP contribution is -2.56. The molecule has 1 aliphatic carbocycles. The summed E-state index contributed by atoms with van der Waals surface area (Å²) in [5.41, 5.74) is 0. The molecule has 8 heteroatoms. The van der Waals surface area contributed by atoms with Gasteiger partial charge in [0.05, 0.1) is 10.9 Å². The predicted molar refractivity (Wildman–Crippen MR) is 111 cm³/mol. The van der Waals surface area contributed by atoms with E-state index in [0.29, 0.717) is 37.2 Å². The molecule has 0 radical (unpaired) electrons. The van der Waals surface area contributed by atoms with Crippen LogP contribution in [0.25, 0.3) is 0 Å². The molecule has 0 spiro atoms. The minimum atomic E-state index is -3.56. The van der Waals surface area contributed by atoms with Gasteiger partial charge in [-0.05, 0) is 38.0 Å². The summed E-state index contributed by atoms with van der Waals surface area (Å²) in [5.74, 6) is 0.137. The summed E-state index contributed by atoms with van der Waals surface area (Å²) >= 11 is 5.95. The van der Waals surface area contributed by atoms with Gasteiger partial charge < -0.3 is 4.90 Å². The predicted octanol–water partition coefficient (Wildman–Crippen LogP) is 2.83. The molecule has 28 heavy (non-hydrogen) atoms. The molecule has 1 atom stereocenters. The molecule has 2 fully saturated rings. The Kier molecular flexibility index (Phi) is 7.02. The number of sulfonamides is 1. The first-order valence-electron chi connectivity index (χ1n) is 10.1. The van der Waals surface area contributed by atoms with Crippen molar-refractivity contribution in [1.82, 2.24) is 14.1 Å². The highest BCUT2D eigenvalue weighted by Crippen LogP contribution is 2.24. The zero-order valence-electron chi connectivity index (χ0n) is 16.7. The van der Waals surface area contributed by atoms with Gasteiger partial charge in [0.2, 0.25) is 15.9 Å². The van der Waals surface area contributed by atoms with Gasteiger partial charge in [-0.3, -0.25) is 9.69 Å². The molecule has 0 N–H and O–H groups in total. The zero-order chi connectivity index (χ0) is 20.3. The van der Waals surface area contributed by atoms with E-state index >= 15 is 0 Å². The Hall–Kier alpha value is -1.15. The van der Waals surface area contributed by atoms with Crippen LogP contribution >= 0.6 is 11.6 Å². The highest BCUT2D eigenvalue weighted by molar-refractivity contribution is 7.89. The third-order valence-electron chi connectivity index (χ3n) is 6.08. The molecule has 1 aromatic carbocycles. The van der Waals surface area contributed by atoms with Gasteiger partial charge in [-0.15, -0.1) is 0 Å². The fraction of sp³-hybridized carbons (Fsp3) is 0.650. The Morgan fingerprint density at radius 3 is 2.39 bits per heavy atom. The van der Waals surface area contributed by atoms with E-state index in [1.807, 2.05) is 18.9 Å². The molecule has 156 valence electrons. The maximum atomic E-state index is 12.9. The van der Waals surface area contributed by atoms with Gasteiger partial charge in [0.1, 0.15) is 0 Å². The summed E-state index contributed by atoms with van der Waals surface area (Å²) in [4.78, 5) is 17.1. The van der Waals surface area contributed by atoms with Gasteiger partial charge in [-0.2, -0.15) is 4.31 Å². The third-order valence-corrected chi connectivity index (χ3v) is 8.21. The van der Waals surface area contributed by atoms with Crippen molar-refractivity contribution in [2.45, 2.75) is 56.0 Å². The monoisotopic (exact) mass is 427 g/mol. The van der Waals surface area contributed by atoms with E-state index in [4.69, 9.17) is 11.6 Å². The molecule has 1 heterocycles. The number of rotatable bonds is 5. The van der Waals surface area contributed by atoms with E-state index in [9.17, 15) is 13.2 Å². The number of benzene rings is 1. The first kappa shape index (κ1) is 21.6. The smallest absolute Gasteiger partial charge is 0.243 e. The van der Waals surface area contributed by atoms with E-state index in [-0.39, 0.29) is 16.8 Å². The van der Waals surface area contributed by atoms with Crippen LogP contribution in [0.3, 0.4) is 0 Å². The van der Waals surface area contributed by atoms with Crippen molar-refractivity contribution in [3.05, 3.63) is 29.3 Å². The van der Waals surface area contributed by atoms with Crippen molar-refractivity contribution in [2.75, 3.05) is 33.2 Å². The number of likely N-dealkylation sites (N-methyl/N-ethyl adjacent to an activating group) is 1. The Bertz CT molecular complexity index is 788. The van der Waals surface area contributed by atoms with E-state index < -0.39 is 10.0 Å². The van der Waals surface area contributed by atoms with Crippen LogP contribution in [-0.2, 0) is 14.8 Å². The van der Waals surface area contributed by atoms with E-state index in [1.165, 1.54) is 29.6 Å². The number of nitrogens with zero attached hydrogens (tertiary/aromatic N) is 3. The Labute approximate surface area is 173 Å². The van der Waals surface area contributed by atoms with E-state index in [0.717, 1.165) is 12.8 Å². The van der Waals surface area contributed by atoms with Gasteiger partial charge in [-0.25, -0.2) is 8.42 Å². The lowest BCUT2D eigenvalue weighted by atomic mass is 9.94. The van der Waals surface area contributed by atoms with Gasteiger partial charge in [0.15, 0.2) is 0 Å². The van der Waals surface area contributed by atoms with Crippen LogP contribution in [0.5, 0.6) is 0 Å². The van der Waals surface area contributed by atoms with Crippen molar-refractivity contribution < 1.29 is 13.2 Å². The van der Waals surface area contributed by atoms with E-state index in [2.05, 4.69) is 4.90 Å². The van der Waals surface area contributed by atoms with Gasteiger partial charge >= 0.3 is 0 Å². The lowest BCUT2D eigenvalue weighted by molar-refractivity contribution is -0.138. The zero-order valence-corrected chi connectivity index (χ0v) is 18.3. The maximum absolute atomic E-state index is 12.9. The fourth-order valence-corrected chi connectivity index (χ4v) is 5.93. The highest BCUT2D eigenvalue weighted by Gasteiger charge is 2.34. The number of carbonyl (C=O) groups is 1. The molecule has 1 amide bonds. The van der Waals surface area contributed by atoms with Crippen molar-refractivity contribution in [3.8, 4) is 0 Å². The Morgan fingerprint density at radius 1 is 1.14 bits per heavy atom. The Balaban J connectivity index is 1.59. The normalized spacial score (nSPS) is 21.4. The maximum Gasteiger partial charge on any atom is 0.243 e. The van der Waals surface area contributed by atoms with Crippen molar-refractivity contribution in [1.29, 1.82) is 0 Å². The number of carbonyl (C=O) groups excluding carboxylic acids is 1. The molecule has 0 bridgehead atoms. The molecule has 0 unspecified atom stereocenters. The minimum Gasteiger partial charge on any atom is -0.341 e. The number of halogens is 1. The highest BCUT2D eigenvalue weighted by atomic mass is 35.5. The first-order valence-corrected chi connectivity index (χ1v) is 11.9. The van der Waals surface area contributed by atoms with Crippen LogP contribution in [0.1, 0.15) is 39.0 Å². The molecule has 3 rings (SSSR count). The summed E-state index contributed by atoms with van der Waals surface area (Å²) in [5, 5.41) is 0.407. The number of hydrogen-bond acceptors (Lipinski definition) is 4.